The molecule has 10 heteroatoms. The first-order chi connectivity index (χ1) is 22.3. The minimum atomic E-state index is -0.698. The molecule has 2 amide bonds. The van der Waals surface area contributed by atoms with Crippen molar-refractivity contribution in [3.63, 3.8) is 0 Å². The Kier molecular flexibility index (Phi) is 11.7. The van der Waals surface area contributed by atoms with E-state index in [0.29, 0.717) is 61.7 Å². The first kappa shape index (κ1) is 33.5. The van der Waals surface area contributed by atoms with Crippen LogP contribution in [0.4, 0.5) is 5.69 Å². The molecule has 46 heavy (non-hydrogen) atoms. The molecule has 1 saturated heterocycles. The van der Waals surface area contributed by atoms with Gasteiger partial charge in [0.15, 0.2) is 11.4 Å². The average molecular weight is 631 g/mol. The highest BCUT2D eigenvalue weighted by Gasteiger charge is 2.41. The number of oxazole rings is 1. The number of anilines is 1. The fourth-order valence-corrected chi connectivity index (χ4v) is 6.76. The zero-order valence-corrected chi connectivity index (χ0v) is 26.7. The van der Waals surface area contributed by atoms with Crippen LogP contribution in [0.15, 0.2) is 52.9 Å². The maximum atomic E-state index is 14.1. The number of fused-ring (bicyclic) bond motifs is 1. The van der Waals surface area contributed by atoms with Crippen molar-refractivity contribution >= 4 is 40.2 Å². The molecule has 2 fully saturated rings. The molecule has 0 unspecified atom stereocenters. The number of unbranched alkanes of at least 4 members (excludes halogenated alkanes) is 1. The Morgan fingerprint density at radius 1 is 1.07 bits per heavy atom. The van der Waals surface area contributed by atoms with Gasteiger partial charge in [-0.05, 0) is 68.0 Å². The van der Waals surface area contributed by atoms with E-state index < -0.39 is 12.0 Å². The molecular weight excluding hydrogens is 584 g/mol. The number of likely N-dealkylation sites (tertiary alicyclic amines) is 1. The summed E-state index contributed by atoms with van der Waals surface area (Å²) in [4.78, 5) is 59.1. The first-order valence-electron chi connectivity index (χ1n) is 16.7. The highest BCUT2D eigenvalue weighted by molar-refractivity contribution is 5.99. The van der Waals surface area contributed by atoms with Crippen LogP contribution < -0.4 is 11.1 Å². The van der Waals surface area contributed by atoms with Gasteiger partial charge in [0.2, 0.25) is 17.6 Å². The number of hydrogen-bond acceptors (Lipinski definition) is 8. The number of carbonyl (C=O) groups excluding carboxylic acids is 4. The van der Waals surface area contributed by atoms with Gasteiger partial charge in [0.05, 0.1) is 18.6 Å². The highest BCUT2D eigenvalue weighted by atomic mass is 16.5. The molecule has 1 aliphatic carbocycles. The summed E-state index contributed by atoms with van der Waals surface area (Å²) in [6.07, 6.45) is 8.05. The summed E-state index contributed by atoms with van der Waals surface area (Å²) >= 11 is 0. The number of aromatic nitrogens is 1. The highest BCUT2D eigenvalue weighted by Crippen LogP contribution is 2.30. The minimum absolute atomic E-state index is 0.00107. The van der Waals surface area contributed by atoms with E-state index in [1.54, 1.807) is 35.2 Å². The Balaban J connectivity index is 1.32. The molecule has 2 heterocycles. The van der Waals surface area contributed by atoms with Crippen molar-refractivity contribution in [3.05, 3.63) is 60.0 Å². The van der Waals surface area contributed by atoms with Crippen molar-refractivity contribution in [2.75, 3.05) is 25.0 Å². The lowest BCUT2D eigenvalue weighted by Crippen LogP contribution is -2.42. The molecule has 1 aliphatic heterocycles. The summed E-state index contributed by atoms with van der Waals surface area (Å²) in [5, 5.41) is 2.75. The van der Waals surface area contributed by atoms with Crippen LogP contribution in [0.2, 0.25) is 0 Å². The number of benzene rings is 2. The first-order valence-corrected chi connectivity index (χ1v) is 16.7. The Hall–Kier alpha value is -3.89. The van der Waals surface area contributed by atoms with E-state index in [0.717, 1.165) is 24.8 Å². The van der Waals surface area contributed by atoms with Gasteiger partial charge in [-0.25, -0.2) is 4.98 Å². The molecule has 1 saturated carbocycles. The number of carbonyl (C=O) groups is 4. The second kappa shape index (κ2) is 16.1. The quantitative estimate of drug-likeness (QED) is 0.166. The largest absolute Gasteiger partial charge is 0.434 e. The zero-order chi connectivity index (χ0) is 32.5. The third-order valence-electron chi connectivity index (χ3n) is 9.18. The second-order valence-electron chi connectivity index (χ2n) is 12.8. The van der Waals surface area contributed by atoms with Crippen LogP contribution in [-0.2, 0) is 25.5 Å². The second-order valence-corrected chi connectivity index (χ2v) is 12.8. The molecule has 3 aromatic rings. The standard InChI is InChI=1S/C36H46N4O6/c1-24(41)38-28-14-9-12-26(18-28)19-34(43)40-22-29(45-23-25-10-3-2-4-11-25)21-31(40)32(42)20-27(13-7-8-17-37)35(44)36-39-30-15-5-6-16-33(30)46-36/h5-6,9,12,14-16,18,25,27,29,31H,2-4,7-8,10-11,13,17,19-23,37H2,1H3,(H,38,41)/t27-,29-,31+/m1/s1. The zero-order valence-electron chi connectivity index (χ0n) is 26.7. The number of Topliss-reactive ketones (excluding diaryl/α,β-unsaturated/α-hetero) is 2. The van der Waals surface area contributed by atoms with Gasteiger partial charge in [-0.2, -0.15) is 0 Å². The van der Waals surface area contributed by atoms with Crippen LogP contribution in [0.3, 0.4) is 0 Å². The normalized spacial score (nSPS) is 19.3. The fourth-order valence-electron chi connectivity index (χ4n) is 6.76. The molecule has 3 atom stereocenters. The summed E-state index contributed by atoms with van der Waals surface area (Å²) in [5.41, 5.74) is 8.19. The third kappa shape index (κ3) is 8.88. The lowest BCUT2D eigenvalue weighted by Gasteiger charge is -2.25. The predicted octanol–water partition coefficient (Wildman–Crippen LogP) is 5.48. The number of nitrogens with zero attached hydrogens (tertiary/aromatic N) is 2. The van der Waals surface area contributed by atoms with Crippen molar-refractivity contribution in [2.24, 2.45) is 17.6 Å². The number of hydrogen-bond donors (Lipinski definition) is 2. The Labute approximate surface area is 270 Å². The molecule has 2 aromatic carbocycles. The number of ether oxygens (including phenoxy) is 1. The molecule has 0 spiro atoms. The van der Waals surface area contributed by atoms with Gasteiger partial charge in [-0.15, -0.1) is 0 Å². The predicted molar refractivity (Wildman–Crippen MR) is 175 cm³/mol. The number of ketones is 2. The van der Waals surface area contributed by atoms with Gasteiger partial charge in [0, 0.05) is 44.5 Å². The maximum Gasteiger partial charge on any atom is 0.264 e. The molecule has 0 bridgehead atoms. The number of rotatable bonds is 15. The van der Waals surface area contributed by atoms with Crippen LogP contribution in [0.5, 0.6) is 0 Å². The smallest absolute Gasteiger partial charge is 0.264 e. The molecule has 246 valence electrons. The topological polar surface area (TPSA) is 145 Å². The monoisotopic (exact) mass is 630 g/mol. The Bertz CT molecular complexity index is 1480. The van der Waals surface area contributed by atoms with Crippen LogP contribution >= 0.6 is 0 Å². The van der Waals surface area contributed by atoms with Crippen LogP contribution in [0.25, 0.3) is 11.1 Å². The SMILES string of the molecule is CC(=O)Nc1cccc(CC(=O)N2C[C@H](OCC3CCCCC3)C[C@H]2C(=O)C[C@@H](CCCCN)C(=O)c2nc3ccccc3o2)c1. The van der Waals surface area contributed by atoms with Gasteiger partial charge >= 0.3 is 0 Å². The average Bonchev–Trinajstić information content (AvgIpc) is 3.68. The fraction of sp³-hybridized carbons (Fsp3) is 0.528. The number of nitrogens with two attached hydrogens (primary N) is 1. The molecule has 3 N–H and O–H groups in total. The maximum absolute atomic E-state index is 14.1. The number of amides is 2. The van der Waals surface area contributed by atoms with E-state index in [1.165, 1.54) is 26.2 Å². The molecule has 10 nitrogen and oxygen atoms in total. The Morgan fingerprint density at radius 3 is 2.63 bits per heavy atom. The van der Waals surface area contributed by atoms with E-state index in [-0.39, 0.29) is 48.2 Å². The number of nitrogens with one attached hydrogen (secondary N) is 1. The van der Waals surface area contributed by atoms with E-state index in [9.17, 15) is 19.2 Å². The van der Waals surface area contributed by atoms with E-state index >= 15 is 0 Å². The van der Waals surface area contributed by atoms with Crippen molar-refractivity contribution in [1.29, 1.82) is 0 Å². The van der Waals surface area contributed by atoms with E-state index in [1.807, 2.05) is 18.2 Å². The molecule has 0 radical (unpaired) electrons. The summed E-state index contributed by atoms with van der Waals surface area (Å²) in [7, 11) is 0. The molecule has 1 aromatic heterocycles. The molecule has 5 rings (SSSR count). The molecule has 2 aliphatic rings. The van der Waals surface area contributed by atoms with Crippen molar-refractivity contribution in [2.45, 2.75) is 89.7 Å². The lowest BCUT2D eigenvalue weighted by atomic mass is 9.89. The Morgan fingerprint density at radius 2 is 1.87 bits per heavy atom. The van der Waals surface area contributed by atoms with Gasteiger partial charge in [-0.3, -0.25) is 19.2 Å². The van der Waals surface area contributed by atoms with Crippen LogP contribution in [-0.4, -0.2) is 65.1 Å². The van der Waals surface area contributed by atoms with Gasteiger partial charge in [0.1, 0.15) is 5.52 Å². The van der Waals surface area contributed by atoms with Crippen molar-refractivity contribution in [3.8, 4) is 0 Å². The van der Waals surface area contributed by atoms with Crippen molar-refractivity contribution in [1.82, 2.24) is 9.88 Å². The van der Waals surface area contributed by atoms with Crippen LogP contribution in [0, 0.1) is 11.8 Å². The summed E-state index contributed by atoms with van der Waals surface area (Å²) < 4.78 is 12.1. The minimum Gasteiger partial charge on any atom is -0.434 e. The van der Waals surface area contributed by atoms with E-state index in [2.05, 4.69) is 10.3 Å². The number of para-hydroxylation sites is 2. The van der Waals surface area contributed by atoms with Gasteiger partial charge in [0.25, 0.3) is 5.89 Å². The van der Waals surface area contributed by atoms with E-state index in [4.69, 9.17) is 14.9 Å². The van der Waals surface area contributed by atoms with Gasteiger partial charge < -0.3 is 25.1 Å². The summed E-state index contributed by atoms with van der Waals surface area (Å²) in [5.74, 6) is -0.986. The van der Waals surface area contributed by atoms with Crippen molar-refractivity contribution < 1.29 is 28.3 Å². The summed E-state index contributed by atoms with van der Waals surface area (Å²) in [6, 6.07) is 13.7. The lowest BCUT2D eigenvalue weighted by molar-refractivity contribution is -0.137. The van der Waals surface area contributed by atoms with Crippen LogP contribution in [0.1, 0.15) is 87.4 Å². The molecular formula is C36H46N4O6. The van der Waals surface area contributed by atoms with Gasteiger partial charge in [-0.1, -0.05) is 49.9 Å². The summed E-state index contributed by atoms with van der Waals surface area (Å²) in [6.45, 7) is 2.88. The third-order valence-corrected chi connectivity index (χ3v) is 9.18.